The van der Waals surface area contributed by atoms with Gasteiger partial charge in [-0.25, -0.2) is 4.79 Å². The predicted molar refractivity (Wildman–Crippen MR) is 93.9 cm³/mol. The standard InChI is InChI=1S/C19H23NO4/c1-3-20(16-9-8-12-18(15-16)22-4-2)13-14-23-19(21)24-17-10-6-5-7-11-17/h5-12,15H,3-4,13-14H2,1-2H3. The Kier molecular flexibility index (Phi) is 6.95. The van der Waals surface area contributed by atoms with Gasteiger partial charge in [0, 0.05) is 18.3 Å². The van der Waals surface area contributed by atoms with Crippen molar-refractivity contribution >= 4 is 11.8 Å². The summed E-state index contributed by atoms with van der Waals surface area (Å²) in [5.74, 6) is 1.30. The second-order valence-electron chi connectivity index (χ2n) is 5.02. The summed E-state index contributed by atoms with van der Waals surface area (Å²) in [5.41, 5.74) is 1.03. The maximum atomic E-state index is 11.7. The normalized spacial score (nSPS) is 10.1. The van der Waals surface area contributed by atoms with Crippen molar-refractivity contribution in [2.75, 3.05) is 31.2 Å². The Balaban J connectivity index is 1.83. The second-order valence-corrected chi connectivity index (χ2v) is 5.02. The molecule has 2 aromatic rings. The first-order valence-corrected chi connectivity index (χ1v) is 8.10. The van der Waals surface area contributed by atoms with E-state index in [0.717, 1.165) is 18.0 Å². The van der Waals surface area contributed by atoms with Crippen LogP contribution < -0.4 is 14.4 Å². The lowest BCUT2D eigenvalue weighted by Gasteiger charge is -2.23. The molecule has 0 aliphatic carbocycles. The van der Waals surface area contributed by atoms with E-state index in [9.17, 15) is 4.79 Å². The average Bonchev–Trinajstić information content (AvgIpc) is 2.60. The first-order valence-electron chi connectivity index (χ1n) is 8.10. The summed E-state index contributed by atoms with van der Waals surface area (Å²) in [6.07, 6.45) is -0.694. The molecule has 24 heavy (non-hydrogen) atoms. The quantitative estimate of drug-likeness (QED) is 0.538. The van der Waals surface area contributed by atoms with Gasteiger partial charge in [0.2, 0.25) is 0 Å². The minimum Gasteiger partial charge on any atom is -0.494 e. The Morgan fingerprint density at radius 2 is 1.75 bits per heavy atom. The molecular formula is C19H23NO4. The van der Waals surface area contributed by atoms with E-state index in [1.807, 2.05) is 37.3 Å². The van der Waals surface area contributed by atoms with E-state index >= 15 is 0 Å². The van der Waals surface area contributed by atoms with E-state index in [1.165, 1.54) is 0 Å². The van der Waals surface area contributed by atoms with Crippen LogP contribution in [0.4, 0.5) is 10.5 Å². The predicted octanol–water partition coefficient (Wildman–Crippen LogP) is 4.13. The third-order valence-corrected chi connectivity index (χ3v) is 3.40. The number of hydrogen-bond acceptors (Lipinski definition) is 5. The molecule has 5 nitrogen and oxygen atoms in total. The van der Waals surface area contributed by atoms with Crippen LogP contribution in [0.25, 0.3) is 0 Å². The van der Waals surface area contributed by atoms with Gasteiger partial charge in [0.1, 0.15) is 18.1 Å². The number of anilines is 1. The summed E-state index contributed by atoms with van der Waals surface area (Å²) in [7, 11) is 0. The number of hydrogen-bond donors (Lipinski definition) is 0. The molecule has 0 fully saturated rings. The second kappa shape index (κ2) is 9.45. The van der Waals surface area contributed by atoms with E-state index < -0.39 is 6.16 Å². The highest BCUT2D eigenvalue weighted by Crippen LogP contribution is 2.21. The molecule has 0 unspecified atom stereocenters. The van der Waals surface area contributed by atoms with E-state index in [4.69, 9.17) is 14.2 Å². The first kappa shape index (κ1) is 17.7. The molecule has 5 heteroatoms. The minimum atomic E-state index is -0.694. The van der Waals surface area contributed by atoms with Crippen LogP contribution in [0.5, 0.6) is 11.5 Å². The molecule has 0 atom stereocenters. The van der Waals surface area contributed by atoms with Crippen LogP contribution in [-0.4, -0.2) is 32.5 Å². The van der Waals surface area contributed by atoms with Gasteiger partial charge in [-0.2, -0.15) is 0 Å². The molecule has 2 aromatic carbocycles. The molecular weight excluding hydrogens is 306 g/mol. The number of ether oxygens (including phenoxy) is 3. The minimum absolute atomic E-state index is 0.248. The van der Waals surface area contributed by atoms with Gasteiger partial charge in [-0.1, -0.05) is 24.3 Å². The summed E-state index contributed by atoms with van der Waals surface area (Å²) in [4.78, 5) is 13.8. The van der Waals surface area contributed by atoms with Gasteiger partial charge in [0.15, 0.2) is 0 Å². The van der Waals surface area contributed by atoms with Crippen molar-refractivity contribution < 1.29 is 19.0 Å². The van der Waals surface area contributed by atoms with E-state index in [-0.39, 0.29) is 6.61 Å². The fraction of sp³-hybridized carbons (Fsp3) is 0.316. The molecule has 0 spiro atoms. The smallest absolute Gasteiger partial charge is 0.494 e. The fourth-order valence-corrected chi connectivity index (χ4v) is 2.26. The molecule has 0 aromatic heterocycles. The molecule has 2 rings (SSSR count). The molecule has 0 heterocycles. The molecule has 0 radical (unpaired) electrons. The lowest BCUT2D eigenvalue weighted by molar-refractivity contribution is 0.101. The Morgan fingerprint density at radius 1 is 1.00 bits per heavy atom. The van der Waals surface area contributed by atoms with Crippen molar-refractivity contribution in [3.05, 3.63) is 54.6 Å². The van der Waals surface area contributed by atoms with Crippen LogP contribution >= 0.6 is 0 Å². The van der Waals surface area contributed by atoms with Crippen molar-refractivity contribution in [2.24, 2.45) is 0 Å². The Hall–Kier alpha value is -2.69. The van der Waals surface area contributed by atoms with Gasteiger partial charge in [0.25, 0.3) is 0 Å². The number of benzene rings is 2. The Morgan fingerprint density at radius 3 is 2.46 bits per heavy atom. The number of rotatable bonds is 8. The molecule has 128 valence electrons. The van der Waals surface area contributed by atoms with Crippen molar-refractivity contribution in [3.63, 3.8) is 0 Å². The maximum Gasteiger partial charge on any atom is 0.513 e. The fourth-order valence-electron chi connectivity index (χ4n) is 2.26. The van der Waals surface area contributed by atoms with Gasteiger partial charge in [0.05, 0.1) is 13.2 Å². The van der Waals surface area contributed by atoms with E-state index in [1.54, 1.807) is 24.3 Å². The highest BCUT2D eigenvalue weighted by Gasteiger charge is 2.09. The van der Waals surface area contributed by atoms with Gasteiger partial charge < -0.3 is 19.1 Å². The van der Waals surface area contributed by atoms with Crippen LogP contribution in [0.1, 0.15) is 13.8 Å². The highest BCUT2D eigenvalue weighted by atomic mass is 16.7. The Labute approximate surface area is 142 Å². The van der Waals surface area contributed by atoms with Crippen LogP contribution in [-0.2, 0) is 4.74 Å². The summed E-state index contributed by atoms with van der Waals surface area (Å²) >= 11 is 0. The van der Waals surface area contributed by atoms with Crippen molar-refractivity contribution in [1.29, 1.82) is 0 Å². The zero-order chi connectivity index (χ0) is 17.2. The molecule has 0 saturated carbocycles. The van der Waals surface area contributed by atoms with E-state index in [2.05, 4.69) is 11.8 Å². The van der Waals surface area contributed by atoms with Crippen LogP contribution in [0.2, 0.25) is 0 Å². The first-order chi connectivity index (χ1) is 11.7. The van der Waals surface area contributed by atoms with Crippen molar-refractivity contribution in [1.82, 2.24) is 0 Å². The third-order valence-electron chi connectivity index (χ3n) is 3.40. The summed E-state index contributed by atoms with van der Waals surface area (Å²) in [6.45, 7) is 6.26. The zero-order valence-corrected chi connectivity index (χ0v) is 14.1. The molecule has 0 amide bonds. The van der Waals surface area contributed by atoms with Gasteiger partial charge >= 0.3 is 6.16 Å². The number of likely N-dealkylation sites (N-methyl/N-ethyl adjacent to an activating group) is 1. The molecule has 0 saturated heterocycles. The lowest BCUT2D eigenvalue weighted by Crippen LogP contribution is -2.28. The van der Waals surface area contributed by atoms with Gasteiger partial charge in [-0.15, -0.1) is 0 Å². The summed E-state index contributed by atoms with van der Waals surface area (Å²) in [6, 6.07) is 16.7. The van der Waals surface area contributed by atoms with Crippen molar-refractivity contribution in [3.8, 4) is 11.5 Å². The Bertz CT molecular complexity index is 630. The van der Waals surface area contributed by atoms with Gasteiger partial charge in [-0.3, -0.25) is 0 Å². The average molecular weight is 329 g/mol. The van der Waals surface area contributed by atoms with Gasteiger partial charge in [-0.05, 0) is 38.1 Å². The summed E-state index contributed by atoms with van der Waals surface area (Å²) < 4.78 is 15.7. The van der Waals surface area contributed by atoms with Crippen LogP contribution in [0.15, 0.2) is 54.6 Å². The van der Waals surface area contributed by atoms with Crippen molar-refractivity contribution in [2.45, 2.75) is 13.8 Å². The number of carbonyl (C=O) groups excluding carboxylic acids is 1. The van der Waals surface area contributed by atoms with E-state index in [0.29, 0.717) is 18.9 Å². The monoisotopic (exact) mass is 329 g/mol. The number of para-hydroxylation sites is 1. The maximum absolute atomic E-state index is 11.7. The third kappa shape index (κ3) is 5.50. The lowest BCUT2D eigenvalue weighted by atomic mass is 10.2. The topological polar surface area (TPSA) is 48.0 Å². The zero-order valence-electron chi connectivity index (χ0n) is 14.1. The molecule has 0 aliphatic heterocycles. The van der Waals surface area contributed by atoms with Crippen LogP contribution in [0, 0.1) is 0 Å². The molecule has 0 aliphatic rings. The number of nitrogens with zero attached hydrogens (tertiary/aromatic N) is 1. The summed E-state index contributed by atoms with van der Waals surface area (Å²) in [5, 5.41) is 0. The number of carbonyl (C=O) groups is 1. The largest absolute Gasteiger partial charge is 0.513 e. The van der Waals surface area contributed by atoms with Crippen LogP contribution in [0.3, 0.4) is 0 Å². The highest BCUT2D eigenvalue weighted by molar-refractivity contribution is 5.63. The molecule has 0 bridgehead atoms. The molecule has 0 N–H and O–H groups in total. The SMILES string of the molecule is CCOc1cccc(N(CC)CCOC(=O)Oc2ccccc2)c1.